The van der Waals surface area contributed by atoms with Crippen molar-refractivity contribution in [3.63, 3.8) is 0 Å². The highest BCUT2D eigenvalue weighted by Crippen LogP contribution is 2.18. The molecule has 0 aromatic heterocycles. The van der Waals surface area contributed by atoms with Crippen LogP contribution in [-0.2, 0) is 0 Å². The maximum absolute atomic E-state index is 9.09. The van der Waals surface area contributed by atoms with Crippen molar-refractivity contribution < 1.29 is 19.2 Å². The normalized spacial score (nSPS) is 9.64. The third-order valence-corrected chi connectivity index (χ3v) is 1.94. The van der Waals surface area contributed by atoms with E-state index in [4.69, 9.17) is 19.2 Å². The van der Waals surface area contributed by atoms with Gasteiger partial charge < -0.3 is 22.9 Å². The van der Waals surface area contributed by atoms with E-state index in [9.17, 15) is 0 Å². The lowest BCUT2D eigenvalue weighted by Crippen LogP contribution is -1.95. The Morgan fingerprint density at radius 2 is 0.636 bits per heavy atom. The topological polar surface area (TPSA) is 172 Å². The molecule has 0 aromatic rings. The Balaban J connectivity index is -0.0000000937. The number of thiol groups is 4. The summed E-state index contributed by atoms with van der Waals surface area (Å²) in [4.78, 5) is 36.3. The van der Waals surface area contributed by atoms with Crippen molar-refractivity contribution in [2.24, 2.45) is 22.9 Å². The van der Waals surface area contributed by atoms with E-state index in [2.05, 4.69) is 95.1 Å². The van der Waals surface area contributed by atoms with Crippen molar-refractivity contribution in [2.45, 2.75) is 0 Å². The number of primary amides is 4. The third kappa shape index (κ3) is 222. The molecule has 128 valence electrons. The number of hydrogen-bond donors (Lipinski definition) is 8. The molecule has 14 heteroatoms. The van der Waals surface area contributed by atoms with E-state index in [1.54, 1.807) is 23.5 Å². The van der Waals surface area contributed by atoms with E-state index in [0.29, 0.717) is 0 Å². The molecule has 8 N–H and O–H groups in total. The van der Waals surface area contributed by atoms with E-state index in [1.807, 2.05) is 0 Å². The summed E-state index contributed by atoms with van der Waals surface area (Å²) in [6.45, 7) is 0. The van der Waals surface area contributed by atoms with E-state index in [0.717, 1.165) is 0 Å². The smallest absolute Gasteiger partial charge is 0.273 e. The zero-order chi connectivity index (χ0) is 18.6. The van der Waals surface area contributed by atoms with Crippen molar-refractivity contribution in [3.05, 3.63) is 21.6 Å². The molecule has 0 aliphatic carbocycles. The fraction of sp³-hybridized carbons (Fsp3) is 0. The van der Waals surface area contributed by atoms with Gasteiger partial charge >= 0.3 is 0 Å². The van der Waals surface area contributed by atoms with E-state index in [1.165, 1.54) is 0 Å². The Bertz CT molecular complexity index is 307. The Labute approximate surface area is 158 Å². The van der Waals surface area contributed by atoms with Crippen LogP contribution in [-0.4, -0.2) is 21.0 Å². The molecule has 0 saturated heterocycles. The minimum absolute atomic E-state index is 0.639. The van der Waals surface area contributed by atoms with E-state index < -0.39 is 21.0 Å². The minimum atomic E-state index is -0.639. The Kier molecular flexibility index (Phi) is 34.0. The van der Waals surface area contributed by atoms with E-state index >= 15 is 0 Å². The first-order valence-corrected chi connectivity index (χ1v) is 8.15. The third-order valence-electron chi connectivity index (χ3n) is 0.425. The first-order valence-electron chi connectivity index (χ1n) is 4.48. The predicted octanol–water partition coefficient (Wildman–Crippen LogP) is 2.39. The average Bonchev–Trinajstić information content (AvgIpc) is 2.28. The first kappa shape index (κ1) is 29.5. The summed E-state index contributed by atoms with van der Waals surface area (Å²) in [7, 11) is 0. The monoisotopic (exact) mass is 424 g/mol. The summed E-state index contributed by atoms with van der Waals surface area (Å²) in [6.07, 6.45) is 0. The molecule has 0 saturated carbocycles. The quantitative estimate of drug-likeness (QED) is 0.277. The van der Waals surface area contributed by atoms with Gasteiger partial charge in [0.25, 0.3) is 21.0 Å². The van der Waals surface area contributed by atoms with Crippen LogP contribution in [0.4, 0.5) is 19.2 Å². The van der Waals surface area contributed by atoms with Crippen molar-refractivity contribution in [2.75, 3.05) is 0 Å². The molecule has 0 radical (unpaired) electrons. The van der Waals surface area contributed by atoms with Crippen LogP contribution < -0.4 is 22.9 Å². The number of thioether (sulfide) groups is 2. The van der Waals surface area contributed by atoms with Crippen molar-refractivity contribution in [1.82, 2.24) is 0 Å². The van der Waals surface area contributed by atoms with Crippen molar-refractivity contribution >= 4 is 95.0 Å². The van der Waals surface area contributed by atoms with Gasteiger partial charge in [0, 0.05) is 0 Å². The standard InChI is InChI=1S/C4H4S2.4CH3NOS/c1-2-6-4-3-5-1;4*2-1(3)4/h1-4H;4*(H3,2,3,4). The fourth-order valence-corrected chi connectivity index (χ4v) is 1.43. The molecule has 4 amide bonds. The first-order chi connectivity index (χ1) is 9.93. The number of amides is 4. The molecule has 1 heterocycles. The summed E-state index contributed by atoms with van der Waals surface area (Å²) in [5, 5.41) is 5.69. The number of nitrogens with two attached hydrogens (primary N) is 4. The highest BCUT2D eigenvalue weighted by molar-refractivity contribution is 8.11. The van der Waals surface area contributed by atoms with Gasteiger partial charge in [0.2, 0.25) is 0 Å². The summed E-state index contributed by atoms with van der Waals surface area (Å²) in [5.74, 6) is 0. The molecule has 0 bridgehead atoms. The molecule has 22 heavy (non-hydrogen) atoms. The lowest BCUT2D eigenvalue weighted by atomic mass is 11.2. The van der Waals surface area contributed by atoms with Crippen LogP contribution in [0.3, 0.4) is 0 Å². The van der Waals surface area contributed by atoms with Gasteiger partial charge in [-0.2, -0.15) is 0 Å². The van der Waals surface area contributed by atoms with Crippen molar-refractivity contribution in [1.29, 1.82) is 0 Å². The molecule has 1 aliphatic heterocycles. The zero-order valence-electron chi connectivity index (χ0n) is 10.9. The second-order valence-corrected chi connectivity index (χ2v) is 5.57. The van der Waals surface area contributed by atoms with Gasteiger partial charge in [-0.25, -0.2) is 0 Å². The average molecular weight is 425 g/mol. The number of hydrogen-bond acceptors (Lipinski definition) is 6. The SMILES string of the molecule is C1=CSC=CS1.NC(=O)S.NC(=O)S.NC(=O)S.NC(=O)S. The molecule has 0 fully saturated rings. The summed E-state index contributed by atoms with van der Waals surface area (Å²) in [6, 6.07) is 0. The maximum Gasteiger partial charge on any atom is 0.273 e. The number of carbonyl (C=O) groups excluding carboxylic acids is 4. The fourth-order valence-electron chi connectivity index (χ4n) is 0.219. The van der Waals surface area contributed by atoms with Gasteiger partial charge in [-0.3, -0.25) is 19.2 Å². The largest absolute Gasteiger partial charge is 0.361 e. The maximum atomic E-state index is 9.09. The summed E-state index contributed by atoms with van der Waals surface area (Å²) >= 11 is 15.8. The Morgan fingerprint density at radius 3 is 0.682 bits per heavy atom. The van der Waals surface area contributed by atoms with Crippen LogP contribution in [0.5, 0.6) is 0 Å². The molecule has 0 unspecified atom stereocenters. The molecule has 0 atom stereocenters. The van der Waals surface area contributed by atoms with Gasteiger partial charge in [-0.15, -0.1) is 23.5 Å². The van der Waals surface area contributed by atoms with Gasteiger partial charge in [0.05, 0.1) is 0 Å². The van der Waals surface area contributed by atoms with Crippen LogP contribution >= 0.6 is 74.0 Å². The second kappa shape index (κ2) is 25.4. The number of rotatable bonds is 0. The molecule has 1 rings (SSSR count). The molecule has 1 aliphatic rings. The van der Waals surface area contributed by atoms with Gasteiger partial charge in [-0.05, 0) is 21.6 Å². The lowest BCUT2D eigenvalue weighted by Gasteiger charge is -1.86. The lowest BCUT2D eigenvalue weighted by molar-refractivity contribution is 0.266. The Morgan fingerprint density at radius 1 is 0.545 bits per heavy atom. The van der Waals surface area contributed by atoms with Crippen LogP contribution in [0, 0.1) is 0 Å². The summed E-state index contributed by atoms with van der Waals surface area (Å²) in [5.41, 5.74) is 17.3. The highest BCUT2D eigenvalue weighted by Gasteiger charge is 1.76. The zero-order valence-corrected chi connectivity index (χ0v) is 16.1. The molecule has 0 aromatic carbocycles. The minimum Gasteiger partial charge on any atom is -0.361 e. The Hall–Kier alpha value is -0.540. The van der Waals surface area contributed by atoms with Crippen LogP contribution in [0.15, 0.2) is 21.6 Å². The van der Waals surface area contributed by atoms with Gasteiger partial charge in [0.15, 0.2) is 0 Å². The summed E-state index contributed by atoms with van der Waals surface area (Å²) < 4.78 is 0. The predicted molar refractivity (Wildman–Crippen MR) is 108 cm³/mol. The van der Waals surface area contributed by atoms with Gasteiger partial charge in [0.1, 0.15) is 0 Å². The van der Waals surface area contributed by atoms with Crippen LogP contribution in [0.2, 0.25) is 0 Å². The van der Waals surface area contributed by atoms with Gasteiger partial charge in [-0.1, -0.05) is 50.5 Å². The molecule has 8 nitrogen and oxygen atoms in total. The molecular formula is C8H16N4O4S6. The van der Waals surface area contributed by atoms with Crippen LogP contribution in [0.1, 0.15) is 0 Å². The number of carbonyl (C=O) groups is 4. The molecular weight excluding hydrogens is 409 g/mol. The second-order valence-electron chi connectivity index (χ2n) is 2.17. The van der Waals surface area contributed by atoms with E-state index in [-0.39, 0.29) is 0 Å². The highest BCUT2D eigenvalue weighted by atomic mass is 32.2. The van der Waals surface area contributed by atoms with Crippen molar-refractivity contribution in [3.8, 4) is 0 Å². The molecule has 0 spiro atoms. The van der Waals surface area contributed by atoms with Crippen LogP contribution in [0.25, 0.3) is 0 Å².